The number of halogens is 2. The summed E-state index contributed by atoms with van der Waals surface area (Å²) in [6.45, 7) is 4.88. The zero-order chi connectivity index (χ0) is 20.4. The molecule has 0 fully saturated rings. The second kappa shape index (κ2) is 7.94. The van der Waals surface area contributed by atoms with Gasteiger partial charge in [0.2, 0.25) is 5.91 Å². The van der Waals surface area contributed by atoms with Crippen LogP contribution in [0, 0.1) is 26.6 Å². The van der Waals surface area contributed by atoms with Crippen LogP contribution in [0.4, 0.5) is 10.1 Å². The molecular formula is C21H19ClFN3O2. The van der Waals surface area contributed by atoms with E-state index in [1.165, 1.54) is 22.8 Å². The molecule has 0 aliphatic rings. The first-order valence-electron chi connectivity index (χ1n) is 8.66. The van der Waals surface area contributed by atoms with Crippen molar-refractivity contribution in [2.45, 2.75) is 27.3 Å². The van der Waals surface area contributed by atoms with E-state index < -0.39 is 5.91 Å². The lowest BCUT2D eigenvalue weighted by molar-refractivity contribution is -0.116. The zero-order valence-corrected chi connectivity index (χ0v) is 16.5. The second-order valence-corrected chi connectivity index (χ2v) is 6.99. The van der Waals surface area contributed by atoms with E-state index >= 15 is 0 Å². The van der Waals surface area contributed by atoms with E-state index in [9.17, 15) is 14.0 Å². The number of carbonyl (C=O) groups is 1. The van der Waals surface area contributed by atoms with Gasteiger partial charge in [-0.1, -0.05) is 23.7 Å². The van der Waals surface area contributed by atoms with Crippen molar-refractivity contribution in [2.24, 2.45) is 0 Å². The normalized spacial score (nSPS) is 10.8. The number of amides is 1. The van der Waals surface area contributed by atoms with Gasteiger partial charge in [0.1, 0.15) is 18.2 Å². The summed E-state index contributed by atoms with van der Waals surface area (Å²) in [6.07, 6.45) is 0. The van der Waals surface area contributed by atoms with Gasteiger partial charge in [-0.25, -0.2) is 9.37 Å². The molecule has 144 valence electrons. The minimum Gasteiger partial charge on any atom is -0.324 e. The third-order valence-electron chi connectivity index (χ3n) is 4.49. The van der Waals surface area contributed by atoms with Crippen LogP contribution < -0.4 is 10.9 Å². The number of rotatable bonds is 4. The molecule has 1 amide bonds. The van der Waals surface area contributed by atoms with Crippen molar-refractivity contribution in [3.05, 3.63) is 80.5 Å². The number of carbonyl (C=O) groups excluding carboxylic acids is 1. The van der Waals surface area contributed by atoms with Crippen LogP contribution in [-0.4, -0.2) is 15.5 Å². The van der Waals surface area contributed by atoms with Crippen molar-refractivity contribution in [2.75, 3.05) is 5.32 Å². The van der Waals surface area contributed by atoms with Gasteiger partial charge < -0.3 is 5.32 Å². The van der Waals surface area contributed by atoms with E-state index in [1.807, 2.05) is 0 Å². The first-order valence-corrected chi connectivity index (χ1v) is 9.04. The first-order chi connectivity index (χ1) is 13.3. The van der Waals surface area contributed by atoms with E-state index in [-0.39, 0.29) is 17.9 Å². The largest absolute Gasteiger partial charge is 0.324 e. The highest BCUT2D eigenvalue weighted by molar-refractivity contribution is 6.30. The fraction of sp³-hybridized carbons (Fsp3) is 0.190. The molecule has 0 bridgehead atoms. The van der Waals surface area contributed by atoms with Crippen LogP contribution in [0.25, 0.3) is 11.4 Å². The molecule has 1 aromatic heterocycles. The fourth-order valence-electron chi connectivity index (χ4n) is 2.85. The zero-order valence-electron chi connectivity index (χ0n) is 15.7. The number of aryl methyl sites for hydroxylation is 2. The molecule has 7 heteroatoms. The summed E-state index contributed by atoms with van der Waals surface area (Å²) in [7, 11) is 0. The summed E-state index contributed by atoms with van der Waals surface area (Å²) in [5.41, 5.74) is 2.48. The van der Waals surface area contributed by atoms with Crippen LogP contribution in [0.1, 0.15) is 16.8 Å². The van der Waals surface area contributed by atoms with Gasteiger partial charge in [0, 0.05) is 27.5 Å². The minimum atomic E-state index is -0.412. The highest BCUT2D eigenvalue weighted by Gasteiger charge is 2.16. The van der Waals surface area contributed by atoms with E-state index in [4.69, 9.17) is 11.6 Å². The predicted octanol–water partition coefficient (Wildman–Crippen LogP) is 4.27. The van der Waals surface area contributed by atoms with Crippen LogP contribution >= 0.6 is 11.6 Å². The first kappa shape index (κ1) is 19.8. The standard InChI is InChI=1S/C21H19ClFN3O2/c1-12-9-17(23)7-8-18(12)25-19(27)11-26-20(15-5-4-6-16(22)10-15)24-14(3)13(2)21(26)28/h4-10H,11H2,1-3H3,(H,25,27). The summed E-state index contributed by atoms with van der Waals surface area (Å²) in [6, 6.07) is 11.0. The molecule has 28 heavy (non-hydrogen) atoms. The van der Waals surface area contributed by atoms with E-state index in [1.54, 1.807) is 45.0 Å². The Morgan fingerprint density at radius 1 is 1.18 bits per heavy atom. The lowest BCUT2D eigenvalue weighted by Gasteiger charge is -2.15. The Morgan fingerprint density at radius 2 is 1.93 bits per heavy atom. The lowest BCUT2D eigenvalue weighted by Crippen LogP contribution is -2.31. The van der Waals surface area contributed by atoms with Gasteiger partial charge in [0.25, 0.3) is 5.56 Å². The van der Waals surface area contributed by atoms with Gasteiger partial charge in [0.15, 0.2) is 0 Å². The van der Waals surface area contributed by atoms with E-state index in [2.05, 4.69) is 10.3 Å². The molecule has 0 atom stereocenters. The molecule has 0 saturated carbocycles. The molecule has 5 nitrogen and oxygen atoms in total. The maximum atomic E-state index is 13.3. The Kier molecular flexibility index (Phi) is 5.61. The Balaban J connectivity index is 2.00. The molecule has 3 aromatic rings. The van der Waals surface area contributed by atoms with Crippen LogP contribution in [-0.2, 0) is 11.3 Å². The molecule has 0 aliphatic heterocycles. The molecule has 0 unspecified atom stereocenters. The Morgan fingerprint density at radius 3 is 2.61 bits per heavy atom. The number of nitrogens with zero attached hydrogens (tertiary/aromatic N) is 2. The Hall–Kier alpha value is -2.99. The fourth-order valence-corrected chi connectivity index (χ4v) is 3.04. The number of anilines is 1. The maximum absolute atomic E-state index is 13.3. The van der Waals surface area contributed by atoms with Crippen molar-refractivity contribution in [3.8, 4) is 11.4 Å². The molecule has 3 rings (SSSR count). The molecule has 0 radical (unpaired) electrons. The van der Waals surface area contributed by atoms with Gasteiger partial charge >= 0.3 is 0 Å². The number of hydrogen-bond donors (Lipinski definition) is 1. The average Bonchev–Trinajstić information content (AvgIpc) is 2.64. The van der Waals surface area contributed by atoms with Crippen molar-refractivity contribution in [1.82, 2.24) is 9.55 Å². The summed E-state index contributed by atoms with van der Waals surface area (Å²) < 4.78 is 14.6. The number of benzene rings is 2. The van der Waals surface area contributed by atoms with Crippen LogP contribution in [0.5, 0.6) is 0 Å². The quantitative estimate of drug-likeness (QED) is 0.712. The minimum absolute atomic E-state index is 0.231. The second-order valence-electron chi connectivity index (χ2n) is 6.55. The third-order valence-corrected chi connectivity index (χ3v) is 4.72. The highest BCUT2D eigenvalue weighted by Crippen LogP contribution is 2.21. The van der Waals surface area contributed by atoms with Gasteiger partial charge in [-0.05, 0) is 56.7 Å². The Labute approximate surface area is 166 Å². The molecular weight excluding hydrogens is 381 g/mol. The predicted molar refractivity (Wildman–Crippen MR) is 108 cm³/mol. The van der Waals surface area contributed by atoms with Crippen molar-refractivity contribution < 1.29 is 9.18 Å². The van der Waals surface area contributed by atoms with Crippen molar-refractivity contribution in [3.63, 3.8) is 0 Å². The molecule has 0 spiro atoms. The number of aromatic nitrogens is 2. The molecule has 0 saturated heterocycles. The highest BCUT2D eigenvalue weighted by atomic mass is 35.5. The van der Waals surface area contributed by atoms with Crippen molar-refractivity contribution in [1.29, 1.82) is 0 Å². The van der Waals surface area contributed by atoms with E-state index in [0.29, 0.717) is 38.9 Å². The monoisotopic (exact) mass is 399 g/mol. The molecule has 2 aromatic carbocycles. The topological polar surface area (TPSA) is 64.0 Å². The summed E-state index contributed by atoms with van der Waals surface area (Å²) in [5, 5.41) is 3.22. The smallest absolute Gasteiger partial charge is 0.257 e. The number of nitrogens with one attached hydrogen (secondary N) is 1. The summed E-state index contributed by atoms with van der Waals surface area (Å²) >= 11 is 6.08. The SMILES string of the molecule is Cc1cc(F)ccc1NC(=O)Cn1c(-c2cccc(Cl)c2)nc(C)c(C)c1=O. The third kappa shape index (κ3) is 4.12. The maximum Gasteiger partial charge on any atom is 0.257 e. The number of hydrogen-bond acceptors (Lipinski definition) is 3. The average molecular weight is 400 g/mol. The molecule has 1 N–H and O–H groups in total. The lowest BCUT2D eigenvalue weighted by atomic mass is 10.1. The van der Waals surface area contributed by atoms with E-state index in [0.717, 1.165) is 0 Å². The van der Waals surface area contributed by atoms with Gasteiger partial charge in [-0.3, -0.25) is 14.2 Å². The van der Waals surface area contributed by atoms with Crippen LogP contribution in [0.2, 0.25) is 5.02 Å². The van der Waals surface area contributed by atoms with Gasteiger partial charge in [-0.2, -0.15) is 0 Å². The molecule has 0 aliphatic carbocycles. The Bertz CT molecular complexity index is 1130. The van der Waals surface area contributed by atoms with Gasteiger partial charge in [-0.15, -0.1) is 0 Å². The van der Waals surface area contributed by atoms with Crippen molar-refractivity contribution >= 4 is 23.2 Å². The van der Waals surface area contributed by atoms with Crippen LogP contribution in [0.15, 0.2) is 47.3 Å². The molecule has 1 heterocycles. The summed E-state index contributed by atoms with van der Waals surface area (Å²) in [4.78, 5) is 29.9. The van der Waals surface area contributed by atoms with Gasteiger partial charge in [0.05, 0.1) is 0 Å². The van der Waals surface area contributed by atoms with Crippen LogP contribution in [0.3, 0.4) is 0 Å². The summed E-state index contributed by atoms with van der Waals surface area (Å²) in [5.74, 6) is -0.431.